The molecule has 1 atom stereocenters. The molecule has 0 fully saturated rings. The molecule has 0 saturated heterocycles. The molecular weight excluding hydrogens is 224 g/mol. The fourth-order valence-corrected chi connectivity index (χ4v) is 2.55. The maximum atomic E-state index is 4.64. The Hall–Kier alpha value is -0.170. The highest BCUT2D eigenvalue weighted by Crippen LogP contribution is 2.15. The van der Waals surface area contributed by atoms with E-state index in [1.54, 1.807) is 0 Å². The Morgan fingerprint density at radius 1 is 0.647 bits per heavy atom. The van der Waals surface area contributed by atoms with E-state index in [2.05, 4.69) is 36.9 Å². The van der Waals surface area contributed by atoms with E-state index in [9.17, 15) is 0 Å². The van der Waals surface area contributed by atoms with Gasteiger partial charge in [-0.3, -0.25) is 0 Å². The minimum atomic E-state index is 0.578. The number of rotatable bonds is 0. The van der Waals surface area contributed by atoms with Crippen molar-refractivity contribution in [2.75, 3.05) is 0 Å². The zero-order valence-electron chi connectivity index (χ0n) is 11.1. The molecule has 0 aromatic heterocycles. The van der Waals surface area contributed by atoms with Gasteiger partial charge in [-0.2, -0.15) is 12.6 Å². The lowest BCUT2D eigenvalue weighted by molar-refractivity contribution is 0.629. The molecule has 0 aliphatic heterocycles. The molecular formula is C16H28S. The van der Waals surface area contributed by atoms with E-state index < -0.39 is 0 Å². The quantitative estimate of drug-likeness (QED) is 0.415. The number of allylic oxidation sites excluding steroid dienone is 4. The average molecular weight is 252 g/mol. The molecule has 0 aromatic rings. The lowest BCUT2D eigenvalue weighted by atomic mass is 10.1. The van der Waals surface area contributed by atoms with Crippen molar-refractivity contribution in [3.05, 3.63) is 24.3 Å². The van der Waals surface area contributed by atoms with Gasteiger partial charge < -0.3 is 0 Å². The molecule has 0 radical (unpaired) electrons. The molecule has 0 nitrogen and oxygen atoms in total. The highest BCUT2D eigenvalue weighted by atomic mass is 32.1. The van der Waals surface area contributed by atoms with E-state index in [-0.39, 0.29) is 0 Å². The van der Waals surface area contributed by atoms with Crippen molar-refractivity contribution in [2.45, 2.75) is 75.9 Å². The van der Waals surface area contributed by atoms with Gasteiger partial charge >= 0.3 is 0 Å². The van der Waals surface area contributed by atoms with Gasteiger partial charge in [-0.25, -0.2) is 0 Å². The fraction of sp³-hybridized carbons (Fsp3) is 0.750. The summed E-state index contributed by atoms with van der Waals surface area (Å²) in [5.74, 6) is 0. The topological polar surface area (TPSA) is 0 Å². The summed E-state index contributed by atoms with van der Waals surface area (Å²) in [5.41, 5.74) is 0. The van der Waals surface area contributed by atoms with Gasteiger partial charge in [0.05, 0.1) is 0 Å². The normalized spacial score (nSPS) is 29.6. The van der Waals surface area contributed by atoms with Gasteiger partial charge in [0.25, 0.3) is 0 Å². The molecule has 98 valence electrons. The minimum absolute atomic E-state index is 0.578. The number of hydrogen-bond donors (Lipinski definition) is 1. The SMILES string of the molecule is SC1C/C=C/CCCCC/C=C\CCCCC1. The van der Waals surface area contributed by atoms with Crippen LogP contribution in [0, 0.1) is 0 Å². The van der Waals surface area contributed by atoms with Crippen LogP contribution in [0.3, 0.4) is 0 Å². The predicted molar refractivity (Wildman–Crippen MR) is 81.8 cm³/mol. The van der Waals surface area contributed by atoms with Crippen LogP contribution in [-0.2, 0) is 0 Å². The largest absolute Gasteiger partial charge is 0.176 e. The van der Waals surface area contributed by atoms with Crippen molar-refractivity contribution in [3.63, 3.8) is 0 Å². The summed E-state index contributed by atoms with van der Waals surface area (Å²) in [5, 5.41) is 0.578. The molecule has 1 unspecified atom stereocenters. The summed E-state index contributed by atoms with van der Waals surface area (Å²) in [6, 6.07) is 0. The van der Waals surface area contributed by atoms with Crippen LogP contribution in [0.15, 0.2) is 24.3 Å². The third-order valence-corrected chi connectivity index (χ3v) is 3.86. The summed E-state index contributed by atoms with van der Waals surface area (Å²) < 4.78 is 0. The number of thiol groups is 1. The van der Waals surface area contributed by atoms with Crippen molar-refractivity contribution in [2.24, 2.45) is 0 Å². The Bertz CT molecular complexity index is 218. The Kier molecular flexibility index (Phi) is 9.59. The van der Waals surface area contributed by atoms with Crippen LogP contribution in [0.5, 0.6) is 0 Å². The molecule has 0 spiro atoms. The molecule has 0 saturated carbocycles. The summed E-state index contributed by atoms with van der Waals surface area (Å²) in [7, 11) is 0. The van der Waals surface area contributed by atoms with Crippen molar-refractivity contribution >= 4 is 12.6 Å². The molecule has 1 aliphatic rings. The molecule has 17 heavy (non-hydrogen) atoms. The van der Waals surface area contributed by atoms with Gasteiger partial charge in [-0.1, -0.05) is 43.6 Å². The van der Waals surface area contributed by atoms with Crippen molar-refractivity contribution in [3.8, 4) is 0 Å². The second-order valence-corrected chi connectivity index (χ2v) is 5.84. The van der Waals surface area contributed by atoms with E-state index in [4.69, 9.17) is 0 Å². The van der Waals surface area contributed by atoms with Gasteiger partial charge in [0.15, 0.2) is 0 Å². The van der Waals surface area contributed by atoms with Crippen LogP contribution < -0.4 is 0 Å². The van der Waals surface area contributed by atoms with E-state index in [1.807, 2.05) is 0 Å². The summed E-state index contributed by atoms with van der Waals surface area (Å²) >= 11 is 4.64. The second kappa shape index (κ2) is 11.0. The highest BCUT2D eigenvalue weighted by molar-refractivity contribution is 7.80. The maximum Gasteiger partial charge on any atom is 0.00513 e. The third-order valence-electron chi connectivity index (χ3n) is 3.39. The molecule has 1 aliphatic carbocycles. The van der Waals surface area contributed by atoms with Gasteiger partial charge in [-0.15, -0.1) is 0 Å². The molecule has 1 heteroatoms. The molecule has 0 N–H and O–H groups in total. The van der Waals surface area contributed by atoms with Crippen molar-refractivity contribution < 1.29 is 0 Å². The van der Waals surface area contributed by atoms with Gasteiger partial charge in [0.1, 0.15) is 0 Å². The first-order chi connectivity index (χ1) is 8.39. The fourth-order valence-electron chi connectivity index (χ4n) is 2.24. The Labute approximate surface area is 113 Å². The van der Waals surface area contributed by atoms with E-state index >= 15 is 0 Å². The molecule has 0 amide bonds. The van der Waals surface area contributed by atoms with Crippen molar-refractivity contribution in [1.29, 1.82) is 0 Å². The predicted octanol–water partition coefficient (Wildman–Crippen LogP) is 5.70. The van der Waals surface area contributed by atoms with Crippen LogP contribution in [0.1, 0.15) is 70.6 Å². The lowest BCUT2D eigenvalue weighted by Crippen LogP contribution is -1.96. The van der Waals surface area contributed by atoms with Gasteiger partial charge in [0.2, 0.25) is 0 Å². The number of hydrogen-bond acceptors (Lipinski definition) is 1. The Balaban J connectivity index is 2.23. The van der Waals surface area contributed by atoms with Gasteiger partial charge in [0, 0.05) is 5.25 Å². The highest BCUT2D eigenvalue weighted by Gasteiger charge is 2.00. The van der Waals surface area contributed by atoms with Crippen LogP contribution in [0.2, 0.25) is 0 Å². The molecule has 0 aromatic carbocycles. The van der Waals surface area contributed by atoms with Gasteiger partial charge in [-0.05, 0) is 51.4 Å². The first-order valence-electron chi connectivity index (χ1n) is 7.37. The Morgan fingerprint density at radius 3 is 1.82 bits per heavy atom. The monoisotopic (exact) mass is 252 g/mol. The third kappa shape index (κ3) is 9.52. The molecule has 0 heterocycles. The lowest BCUT2D eigenvalue weighted by Gasteiger charge is -2.07. The maximum absolute atomic E-state index is 4.64. The van der Waals surface area contributed by atoms with E-state index in [0.29, 0.717) is 5.25 Å². The summed E-state index contributed by atoms with van der Waals surface area (Å²) in [6.45, 7) is 0. The zero-order chi connectivity index (χ0) is 12.2. The second-order valence-electron chi connectivity index (χ2n) is 5.11. The average Bonchev–Trinajstić information content (AvgIpc) is 2.32. The zero-order valence-corrected chi connectivity index (χ0v) is 12.0. The molecule has 1 rings (SSSR count). The first-order valence-corrected chi connectivity index (χ1v) is 7.89. The van der Waals surface area contributed by atoms with E-state index in [1.165, 1.54) is 64.2 Å². The van der Waals surface area contributed by atoms with E-state index in [0.717, 1.165) is 6.42 Å². The summed E-state index contributed by atoms with van der Waals surface area (Å²) in [4.78, 5) is 0. The van der Waals surface area contributed by atoms with Crippen LogP contribution >= 0.6 is 12.6 Å². The standard InChI is InChI=1S/C16H28S/c17-16-14-12-10-8-6-4-2-1-3-5-7-9-11-13-15-16/h2,4,11,13,16-17H,1,3,5-10,12,14-15H2/b4-2-,13-11+. The summed E-state index contributed by atoms with van der Waals surface area (Å²) in [6.07, 6.45) is 23.8. The van der Waals surface area contributed by atoms with Crippen LogP contribution in [0.4, 0.5) is 0 Å². The Morgan fingerprint density at radius 2 is 1.18 bits per heavy atom. The smallest absolute Gasteiger partial charge is 0.00513 e. The molecule has 0 bridgehead atoms. The van der Waals surface area contributed by atoms with Crippen LogP contribution in [-0.4, -0.2) is 5.25 Å². The minimum Gasteiger partial charge on any atom is -0.176 e. The first kappa shape index (κ1) is 14.9. The van der Waals surface area contributed by atoms with Crippen molar-refractivity contribution in [1.82, 2.24) is 0 Å². The van der Waals surface area contributed by atoms with Crippen LogP contribution in [0.25, 0.3) is 0 Å².